The van der Waals surface area contributed by atoms with Gasteiger partial charge in [0.05, 0.1) is 11.0 Å². The van der Waals surface area contributed by atoms with Crippen molar-refractivity contribution in [1.29, 1.82) is 0 Å². The first-order chi connectivity index (χ1) is 11.9. The fraction of sp³-hybridized carbons (Fsp3) is 0.375. The van der Waals surface area contributed by atoms with E-state index >= 15 is 0 Å². The average molecular weight is 347 g/mol. The van der Waals surface area contributed by atoms with E-state index in [1.165, 1.54) is 18.2 Å². The van der Waals surface area contributed by atoms with E-state index in [9.17, 15) is 19.3 Å². The van der Waals surface area contributed by atoms with Crippen molar-refractivity contribution in [3.05, 3.63) is 56.2 Å². The van der Waals surface area contributed by atoms with Gasteiger partial charge in [-0.25, -0.2) is 9.37 Å². The van der Waals surface area contributed by atoms with Crippen molar-refractivity contribution in [2.45, 2.75) is 25.8 Å². The number of benzene rings is 1. The van der Waals surface area contributed by atoms with Crippen LogP contribution in [0.5, 0.6) is 0 Å². The minimum Gasteiger partial charge on any atom is -0.375 e. The normalized spacial score (nSPS) is 17.4. The summed E-state index contributed by atoms with van der Waals surface area (Å²) in [4.78, 5) is 31.1. The van der Waals surface area contributed by atoms with Gasteiger partial charge in [0, 0.05) is 30.9 Å². The fourth-order valence-electron chi connectivity index (χ4n) is 3.00. The number of nitrogens with one attached hydrogen (secondary N) is 2. The number of piperidine rings is 1. The summed E-state index contributed by atoms with van der Waals surface area (Å²) in [5.74, 6) is -0.158. The Balaban J connectivity index is 1.78. The largest absolute Gasteiger partial charge is 0.375 e. The van der Waals surface area contributed by atoms with Crippen molar-refractivity contribution in [2.75, 3.05) is 23.3 Å². The van der Waals surface area contributed by atoms with Crippen LogP contribution in [0.2, 0.25) is 0 Å². The Labute approximate surface area is 142 Å². The second-order valence-electron chi connectivity index (χ2n) is 6.06. The highest BCUT2D eigenvalue weighted by Crippen LogP contribution is 2.27. The van der Waals surface area contributed by atoms with Crippen LogP contribution in [0.3, 0.4) is 0 Å². The van der Waals surface area contributed by atoms with Crippen LogP contribution in [0, 0.1) is 22.9 Å². The molecule has 1 aromatic heterocycles. The monoisotopic (exact) mass is 347 g/mol. The van der Waals surface area contributed by atoms with E-state index in [2.05, 4.69) is 15.3 Å². The Morgan fingerprint density at radius 1 is 1.44 bits per heavy atom. The molecule has 0 spiro atoms. The number of nitro groups is 1. The van der Waals surface area contributed by atoms with Gasteiger partial charge < -0.3 is 10.2 Å². The van der Waals surface area contributed by atoms with Gasteiger partial charge in [0.25, 0.3) is 11.2 Å². The molecule has 0 saturated carbocycles. The minimum absolute atomic E-state index is 0.0799. The van der Waals surface area contributed by atoms with Crippen molar-refractivity contribution in [2.24, 2.45) is 0 Å². The SMILES string of the molecule is Cc1cc(=O)[nH]c(N2CCCC(Nc3ccc(F)cc3[N+](=O)[O-])C2)n1. The van der Waals surface area contributed by atoms with E-state index in [0.29, 0.717) is 18.2 Å². The summed E-state index contributed by atoms with van der Waals surface area (Å²) in [6.45, 7) is 3.01. The second-order valence-corrected chi connectivity index (χ2v) is 6.06. The number of aromatic nitrogens is 2. The number of hydrogen-bond donors (Lipinski definition) is 2. The lowest BCUT2D eigenvalue weighted by Crippen LogP contribution is -2.43. The number of aromatic amines is 1. The molecular formula is C16H18FN5O3. The number of hydrogen-bond acceptors (Lipinski definition) is 6. The molecule has 0 bridgehead atoms. The predicted molar refractivity (Wildman–Crippen MR) is 91.5 cm³/mol. The van der Waals surface area contributed by atoms with Gasteiger partial charge in [-0.3, -0.25) is 19.9 Å². The van der Waals surface area contributed by atoms with Gasteiger partial charge in [0.15, 0.2) is 0 Å². The third kappa shape index (κ3) is 3.93. The summed E-state index contributed by atoms with van der Waals surface area (Å²) < 4.78 is 13.3. The number of anilines is 2. The molecule has 1 unspecified atom stereocenters. The summed E-state index contributed by atoms with van der Waals surface area (Å²) in [5, 5.41) is 14.2. The standard InChI is InChI=1S/C16H18FN5O3/c1-10-7-15(23)20-16(18-10)21-6-2-3-12(9-21)19-13-5-4-11(17)8-14(13)22(24)25/h4-5,7-8,12,19H,2-3,6,9H2,1H3,(H,18,20,23). The lowest BCUT2D eigenvalue weighted by molar-refractivity contribution is -0.384. The number of rotatable bonds is 4. The smallest absolute Gasteiger partial charge is 0.295 e. The Morgan fingerprint density at radius 3 is 2.96 bits per heavy atom. The Morgan fingerprint density at radius 2 is 2.24 bits per heavy atom. The van der Waals surface area contributed by atoms with E-state index in [0.717, 1.165) is 25.5 Å². The molecule has 1 fully saturated rings. The van der Waals surface area contributed by atoms with Crippen LogP contribution in [-0.2, 0) is 0 Å². The Hall–Kier alpha value is -2.97. The summed E-state index contributed by atoms with van der Waals surface area (Å²) in [5.41, 5.74) is 0.401. The third-order valence-corrected chi connectivity index (χ3v) is 4.09. The van der Waals surface area contributed by atoms with Crippen LogP contribution in [-0.4, -0.2) is 34.0 Å². The van der Waals surface area contributed by atoms with E-state index in [1.807, 2.05) is 4.90 Å². The first-order valence-corrected chi connectivity index (χ1v) is 7.96. The number of H-pyrrole nitrogens is 1. The first kappa shape index (κ1) is 16.9. The van der Waals surface area contributed by atoms with E-state index in [4.69, 9.17) is 0 Å². The van der Waals surface area contributed by atoms with E-state index in [-0.39, 0.29) is 23.0 Å². The molecule has 2 aromatic rings. The zero-order chi connectivity index (χ0) is 18.0. The van der Waals surface area contributed by atoms with Gasteiger partial charge in [-0.15, -0.1) is 0 Å². The Bertz CT molecular complexity index is 854. The molecule has 25 heavy (non-hydrogen) atoms. The van der Waals surface area contributed by atoms with Gasteiger partial charge in [-0.1, -0.05) is 0 Å². The average Bonchev–Trinajstić information content (AvgIpc) is 2.56. The fourth-order valence-corrected chi connectivity index (χ4v) is 3.00. The van der Waals surface area contributed by atoms with Gasteiger partial charge in [-0.05, 0) is 31.9 Å². The summed E-state index contributed by atoms with van der Waals surface area (Å²) in [7, 11) is 0. The van der Waals surface area contributed by atoms with E-state index in [1.54, 1.807) is 6.92 Å². The minimum atomic E-state index is -0.649. The number of nitrogens with zero attached hydrogens (tertiary/aromatic N) is 3. The molecule has 1 saturated heterocycles. The molecule has 0 aliphatic carbocycles. The van der Waals surface area contributed by atoms with Crippen molar-refractivity contribution in [3.8, 4) is 0 Å². The topological polar surface area (TPSA) is 104 Å². The lowest BCUT2D eigenvalue weighted by atomic mass is 10.1. The summed E-state index contributed by atoms with van der Waals surface area (Å²) >= 11 is 0. The number of nitro benzene ring substituents is 1. The molecule has 9 heteroatoms. The molecule has 0 radical (unpaired) electrons. The molecule has 8 nitrogen and oxygen atoms in total. The molecule has 1 atom stereocenters. The maximum Gasteiger partial charge on any atom is 0.295 e. The predicted octanol–water partition coefficient (Wildman–Crippen LogP) is 2.21. The van der Waals surface area contributed by atoms with Crippen molar-refractivity contribution in [1.82, 2.24) is 9.97 Å². The summed E-state index contributed by atoms with van der Waals surface area (Å²) in [6, 6.07) is 4.81. The molecule has 1 aromatic carbocycles. The van der Waals surface area contributed by atoms with Crippen molar-refractivity contribution < 1.29 is 9.31 Å². The van der Waals surface area contributed by atoms with Crippen LogP contribution in [0.1, 0.15) is 18.5 Å². The molecule has 1 aliphatic rings. The molecule has 1 aliphatic heterocycles. The number of halogens is 1. The number of aryl methyl sites for hydroxylation is 1. The zero-order valence-electron chi connectivity index (χ0n) is 13.7. The van der Waals surface area contributed by atoms with Crippen LogP contribution in [0.4, 0.5) is 21.7 Å². The van der Waals surface area contributed by atoms with Crippen molar-refractivity contribution in [3.63, 3.8) is 0 Å². The van der Waals surface area contributed by atoms with Gasteiger partial charge >= 0.3 is 0 Å². The molecule has 132 valence electrons. The van der Waals surface area contributed by atoms with Crippen LogP contribution in [0.15, 0.2) is 29.1 Å². The highest BCUT2D eigenvalue weighted by atomic mass is 19.1. The van der Waals surface area contributed by atoms with Crippen LogP contribution in [0.25, 0.3) is 0 Å². The van der Waals surface area contributed by atoms with Gasteiger partial charge in [-0.2, -0.15) is 0 Å². The molecule has 3 rings (SSSR count). The highest BCUT2D eigenvalue weighted by Gasteiger charge is 2.24. The molecule has 2 N–H and O–H groups in total. The maximum absolute atomic E-state index is 13.3. The second kappa shape index (κ2) is 6.88. The highest BCUT2D eigenvalue weighted by molar-refractivity contribution is 5.62. The zero-order valence-corrected chi connectivity index (χ0v) is 13.7. The van der Waals surface area contributed by atoms with Crippen LogP contribution >= 0.6 is 0 Å². The molecular weight excluding hydrogens is 329 g/mol. The first-order valence-electron chi connectivity index (χ1n) is 7.96. The van der Waals surface area contributed by atoms with Gasteiger partial charge in [0.2, 0.25) is 5.95 Å². The lowest BCUT2D eigenvalue weighted by Gasteiger charge is -2.33. The Kier molecular flexibility index (Phi) is 4.64. The van der Waals surface area contributed by atoms with Crippen LogP contribution < -0.4 is 15.8 Å². The third-order valence-electron chi connectivity index (χ3n) is 4.09. The van der Waals surface area contributed by atoms with Gasteiger partial charge in [0.1, 0.15) is 11.5 Å². The quantitative estimate of drug-likeness (QED) is 0.649. The molecule has 2 heterocycles. The maximum atomic E-state index is 13.3. The van der Waals surface area contributed by atoms with E-state index < -0.39 is 10.7 Å². The molecule has 0 amide bonds. The van der Waals surface area contributed by atoms with Crippen molar-refractivity contribution >= 4 is 17.3 Å². The summed E-state index contributed by atoms with van der Waals surface area (Å²) in [6.07, 6.45) is 1.64.